The summed E-state index contributed by atoms with van der Waals surface area (Å²) in [7, 11) is 0. The number of nitrogens with zero attached hydrogens (tertiary/aromatic N) is 1. The monoisotopic (exact) mass is 227 g/mol. The maximum absolute atomic E-state index is 11.6. The van der Waals surface area contributed by atoms with Gasteiger partial charge in [0.2, 0.25) is 5.91 Å². The van der Waals surface area contributed by atoms with E-state index in [0.717, 1.165) is 12.8 Å². The second-order valence-corrected chi connectivity index (χ2v) is 4.66. The lowest BCUT2D eigenvalue weighted by atomic mass is 9.92. The number of piperidine rings is 1. The second kappa shape index (κ2) is 4.05. The molecule has 1 amide bonds. The number of amides is 1. The van der Waals surface area contributed by atoms with Crippen molar-refractivity contribution in [1.29, 1.82) is 0 Å². The lowest BCUT2D eigenvalue weighted by Crippen LogP contribution is -2.52. The molecular weight excluding hydrogens is 210 g/mol. The predicted molar refractivity (Wildman–Crippen MR) is 55.9 cm³/mol. The molecule has 2 saturated heterocycles. The van der Waals surface area contributed by atoms with E-state index < -0.39 is 12.1 Å². The fourth-order valence-corrected chi connectivity index (χ4v) is 2.86. The van der Waals surface area contributed by atoms with Crippen molar-refractivity contribution in [3.05, 3.63) is 0 Å². The lowest BCUT2D eigenvalue weighted by Gasteiger charge is -2.40. The number of aliphatic carboxylic acids is 1. The number of ether oxygens (including phenoxy) is 1. The molecule has 0 radical (unpaired) electrons. The summed E-state index contributed by atoms with van der Waals surface area (Å²) in [4.78, 5) is 24.2. The topological polar surface area (TPSA) is 66.8 Å². The number of hydrogen-bond donors (Lipinski definition) is 1. The van der Waals surface area contributed by atoms with Gasteiger partial charge in [-0.2, -0.15) is 0 Å². The highest BCUT2D eigenvalue weighted by atomic mass is 16.5. The molecule has 1 N–H and O–H groups in total. The molecule has 2 heterocycles. The van der Waals surface area contributed by atoms with E-state index in [-0.39, 0.29) is 24.1 Å². The lowest BCUT2D eigenvalue weighted by molar-refractivity contribution is -0.150. The summed E-state index contributed by atoms with van der Waals surface area (Å²) in [5, 5.41) is 8.92. The minimum atomic E-state index is -0.925. The maximum Gasteiger partial charge on any atom is 0.332 e. The minimum Gasteiger partial charge on any atom is -0.479 e. The van der Waals surface area contributed by atoms with Crippen LogP contribution in [0.3, 0.4) is 0 Å². The number of fused-ring (bicyclic) bond motifs is 1. The minimum absolute atomic E-state index is 0.0110. The Balaban J connectivity index is 2.15. The molecule has 0 saturated carbocycles. The van der Waals surface area contributed by atoms with Gasteiger partial charge in [0, 0.05) is 19.4 Å². The Labute approximate surface area is 94.4 Å². The van der Waals surface area contributed by atoms with Crippen molar-refractivity contribution in [2.75, 3.05) is 0 Å². The van der Waals surface area contributed by atoms with Crippen molar-refractivity contribution in [3.8, 4) is 0 Å². The van der Waals surface area contributed by atoms with Crippen LogP contribution in [0.15, 0.2) is 0 Å². The number of carboxylic acid groups (broad SMARTS) is 1. The van der Waals surface area contributed by atoms with E-state index in [9.17, 15) is 9.59 Å². The summed E-state index contributed by atoms with van der Waals surface area (Å²) in [6, 6.07) is 0.136. The Morgan fingerprint density at radius 3 is 2.62 bits per heavy atom. The Hall–Kier alpha value is -1.10. The van der Waals surface area contributed by atoms with Crippen LogP contribution in [0.2, 0.25) is 0 Å². The van der Waals surface area contributed by atoms with Gasteiger partial charge in [-0.3, -0.25) is 4.79 Å². The van der Waals surface area contributed by atoms with Crippen molar-refractivity contribution in [1.82, 2.24) is 4.90 Å². The first-order chi connectivity index (χ1) is 7.50. The molecule has 2 aliphatic heterocycles. The van der Waals surface area contributed by atoms with Gasteiger partial charge in [-0.05, 0) is 19.8 Å². The van der Waals surface area contributed by atoms with Gasteiger partial charge in [-0.25, -0.2) is 4.79 Å². The Bertz CT molecular complexity index is 317. The molecule has 4 unspecified atom stereocenters. The third kappa shape index (κ3) is 1.80. The van der Waals surface area contributed by atoms with Crippen LogP contribution in [-0.2, 0) is 14.3 Å². The quantitative estimate of drug-likeness (QED) is 0.713. The van der Waals surface area contributed by atoms with E-state index in [2.05, 4.69) is 0 Å². The SMILES string of the molecule is CC(=O)N1C(C)CCC2OC(C(=O)O)CC21. The molecule has 5 nitrogen and oxygen atoms in total. The maximum atomic E-state index is 11.6. The predicted octanol–water partition coefficient (Wildman–Crippen LogP) is 0.628. The smallest absolute Gasteiger partial charge is 0.332 e. The number of carboxylic acids is 1. The molecule has 0 aromatic carbocycles. The van der Waals surface area contributed by atoms with Crippen LogP contribution in [-0.4, -0.2) is 46.2 Å². The largest absolute Gasteiger partial charge is 0.479 e. The summed E-state index contributed by atoms with van der Waals surface area (Å²) in [5.74, 6) is -0.914. The van der Waals surface area contributed by atoms with E-state index in [1.807, 2.05) is 6.92 Å². The zero-order valence-corrected chi connectivity index (χ0v) is 9.55. The van der Waals surface area contributed by atoms with E-state index >= 15 is 0 Å². The van der Waals surface area contributed by atoms with Crippen LogP contribution in [0.4, 0.5) is 0 Å². The van der Waals surface area contributed by atoms with Crippen LogP contribution in [0.25, 0.3) is 0 Å². The van der Waals surface area contributed by atoms with Gasteiger partial charge < -0.3 is 14.7 Å². The Kier molecular flexibility index (Phi) is 2.88. The fourth-order valence-electron chi connectivity index (χ4n) is 2.86. The van der Waals surface area contributed by atoms with Crippen LogP contribution < -0.4 is 0 Å². The number of likely N-dealkylation sites (tertiary alicyclic amines) is 1. The zero-order chi connectivity index (χ0) is 11.9. The molecule has 4 atom stereocenters. The highest BCUT2D eigenvalue weighted by Crippen LogP contribution is 2.34. The summed E-state index contributed by atoms with van der Waals surface area (Å²) >= 11 is 0. The normalized spacial score (nSPS) is 38.2. The molecule has 5 heteroatoms. The molecule has 16 heavy (non-hydrogen) atoms. The Morgan fingerprint density at radius 1 is 1.38 bits per heavy atom. The van der Waals surface area contributed by atoms with Gasteiger partial charge in [-0.1, -0.05) is 0 Å². The molecule has 90 valence electrons. The van der Waals surface area contributed by atoms with Crippen molar-refractivity contribution >= 4 is 11.9 Å². The molecule has 0 aromatic rings. The molecule has 2 rings (SSSR count). The van der Waals surface area contributed by atoms with Crippen molar-refractivity contribution in [2.24, 2.45) is 0 Å². The summed E-state index contributed by atoms with van der Waals surface area (Å²) in [6.45, 7) is 3.54. The van der Waals surface area contributed by atoms with E-state index in [4.69, 9.17) is 9.84 Å². The van der Waals surface area contributed by atoms with Gasteiger partial charge in [0.15, 0.2) is 6.10 Å². The van der Waals surface area contributed by atoms with Gasteiger partial charge in [0.05, 0.1) is 12.1 Å². The first-order valence-electron chi connectivity index (χ1n) is 5.68. The third-order valence-electron chi connectivity index (χ3n) is 3.56. The molecule has 0 spiro atoms. The molecular formula is C11H17NO4. The third-order valence-corrected chi connectivity index (χ3v) is 3.56. The molecule has 2 aliphatic rings. The molecule has 0 aliphatic carbocycles. The van der Waals surface area contributed by atoms with Crippen LogP contribution in [0.1, 0.15) is 33.1 Å². The first-order valence-corrected chi connectivity index (χ1v) is 5.68. The average Bonchev–Trinajstić information content (AvgIpc) is 2.60. The summed E-state index contributed by atoms with van der Waals surface area (Å²) < 4.78 is 5.46. The number of carbonyl (C=O) groups is 2. The average molecular weight is 227 g/mol. The number of hydrogen-bond acceptors (Lipinski definition) is 3. The van der Waals surface area contributed by atoms with Gasteiger partial charge in [-0.15, -0.1) is 0 Å². The van der Waals surface area contributed by atoms with Gasteiger partial charge >= 0.3 is 5.97 Å². The molecule has 0 bridgehead atoms. The highest BCUT2D eigenvalue weighted by Gasteiger charge is 2.46. The second-order valence-electron chi connectivity index (χ2n) is 4.66. The van der Waals surface area contributed by atoms with Crippen LogP contribution in [0.5, 0.6) is 0 Å². The zero-order valence-electron chi connectivity index (χ0n) is 9.55. The highest BCUT2D eigenvalue weighted by molar-refractivity contribution is 5.75. The first kappa shape index (κ1) is 11.4. The molecule has 2 fully saturated rings. The molecule has 0 aromatic heterocycles. The van der Waals surface area contributed by atoms with Gasteiger partial charge in [0.1, 0.15) is 0 Å². The van der Waals surface area contributed by atoms with Crippen LogP contribution in [0, 0.1) is 0 Å². The number of carbonyl (C=O) groups excluding carboxylic acids is 1. The van der Waals surface area contributed by atoms with E-state index in [1.54, 1.807) is 4.90 Å². The standard InChI is InChI=1S/C11H17NO4/c1-6-3-4-9-8(12(6)7(2)13)5-10(16-9)11(14)15/h6,8-10H,3-5H2,1-2H3,(H,14,15). The summed E-state index contributed by atoms with van der Waals surface area (Å²) in [6.07, 6.45) is 1.31. The Morgan fingerprint density at radius 2 is 2.06 bits per heavy atom. The van der Waals surface area contributed by atoms with Gasteiger partial charge in [0.25, 0.3) is 0 Å². The fraction of sp³-hybridized carbons (Fsp3) is 0.818. The van der Waals surface area contributed by atoms with E-state index in [1.165, 1.54) is 6.92 Å². The van der Waals surface area contributed by atoms with Crippen molar-refractivity contribution in [2.45, 2.75) is 57.4 Å². The van der Waals surface area contributed by atoms with Crippen molar-refractivity contribution < 1.29 is 19.4 Å². The summed E-state index contributed by atoms with van der Waals surface area (Å²) in [5.41, 5.74) is 0. The van der Waals surface area contributed by atoms with Crippen molar-refractivity contribution in [3.63, 3.8) is 0 Å². The van der Waals surface area contributed by atoms with E-state index in [0.29, 0.717) is 6.42 Å². The number of rotatable bonds is 1. The van der Waals surface area contributed by atoms with Crippen LogP contribution >= 0.6 is 0 Å².